The van der Waals surface area contributed by atoms with E-state index in [1.54, 1.807) is 7.05 Å². The fourth-order valence-electron chi connectivity index (χ4n) is 1.18. The summed E-state index contributed by atoms with van der Waals surface area (Å²) in [6, 6.07) is 9.88. The molecule has 2 N–H and O–H groups in total. The largest absolute Gasteiger partial charge is 0.394 e. The highest BCUT2D eigenvalue weighted by molar-refractivity contribution is 5.81. The van der Waals surface area contributed by atoms with Crippen LogP contribution in [-0.2, 0) is 4.79 Å². The minimum atomic E-state index is -0.380. The van der Waals surface area contributed by atoms with Crippen LogP contribution in [0.4, 0.5) is 0 Å². The zero-order valence-electron chi connectivity index (χ0n) is 10.7. The maximum absolute atomic E-state index is 10.4. The molecule has 0 aliphatic carbocycles. The molecule has 0 amide bonds. The van der Waals surface area contributed by atoms with Crippen molar-refractivity contribution >= 4 is 11.9 Å². The number of hydrogen-bond donors (Lipinski definition) is 2. The number of aliphatic hydroxyl groups is 1. The second-order valence-corrected chi connectivity index (χ2v) is 3.55. The summed E-state index contributed by atoms with van der Waals surface area (Å²) >= 11 is 0. The summed E-state index contributed by atoms with van der Waals surface area (Å²) in [4.78, 5) is 10.4. The van der Waals surface area contributed by atoms with E-state index < -0.39 is 0 Å². The van der Waals surface area contributed by atoms with Crippen LogP contribution in [0.15, 0.2) is 36.4 Å². The van der Waals surface area contributed by atoms with Gasteiger partial charge in [-0.1, -0.05) is 57.3 Å². The van der Waals surface area contributed by atoms with E-state index in [4.69, 9.17) is 5.11 Å². The van der Waals surface area contributed by atoms with Crippen LogP contribution in [0.5, 0.6) is 0 Å². The molecule has 1 rings (SSSR count). The molecule has 0 fully saturated rings. The van der Waals surface area contributed by atoms with Crippen LogP contribution in [0.3, 0.4) is 0 Å². The standard InChI is InChI=1S/C9H10.C5H11NO2.2CH4/c1-2-6-9-7-4-3-5-8-9;1-4(8)5(3-7)6-2;;/h2-8H,1H3;5-7H,3H2,1-2H3;2*1H4/t;5-;;/m.1../s1. The molecule has 0 radical (unpaired) electrons. The van der Waals surface area contributed by atoms with Crippen molar-refractivity contribution in [3.8, 4) is 0 Å². The fourth-order valence-corrected chi connectivity index (χ4v) is 1.18. The third kappa shape index (κ3) is 11.4. The average Bonchev–Trinajstić information content (AvgIpc) is 2.33. The number of likely N-dealkylation sites (N-methyl/N-ethyl adjacent to an activating group) is 1. The maximum Gasteiger partial charge on any atom is 0.149 e. The van der Waals surface area contributed by atoms with Gasteiger partial charge in [0.25, 0.3) is 0 Å². The van der Waals surface area contributed by atoms with Crippen LogP contribution < -0.4 is 5.32 Å². The molecule has 0 aromatic heterocycles. The predicted molar refractivity (Wildman–Crippen MR) is 85.2 cm³/mol. The van der Waals surface area contributed by atoms with Crippen molar-refractivity contribution in [1.82, 2.24) is 5.32 Å². The lowest BCUT2D eigenvalue weighted by molar-refractivity contribution is -0.119. The molecule has 0 unspecified atom stereocenters. The number of ketones is 1. The Balaban J connectivity index is -0.000000246. The molecule has 3 nitrogen and oxygen atoms in total. The van der Waals surface area contributed by atoms with Gasteiger partial charge in [0.1, 0.15) is 5.78 Å². The minimum Gasteiger partial charge on any atom is -0.394 e. The van der Waals surface area contributed by atoms with Crippen LogP contribution in [-0.4, -0.2) is 30.6 Å². The van der Waals surface area contributed by atoms with E-state index >= 15 is 0 Å². The van der Waals surface area contributed by atoms with Gasteiger partial charge < -0.3 is 10.4 Å². The number of rotatable bonds is 4. The Hall–Kier alpha value is -1.45. The van der Waals surface area contributed by atoms with Gasteiger partial charge >= 0.3 is 0 Å². The number of aliphatic hydroxyl groups excluding tert-OH is 1. The molecule has 0 aliphatic rings. The Bertz CT molecular complexity index is 330. The molecule has 19 heavy (non-hydrogen) atoms. The van der Waals surface area contributed by atoms with Gasteiger partial charge in [-0.3, -0.25) is 4.79 Å². The summed E-state index contributed by atoms with van der Waals surface area (Å²) < 4.78 is 0. The molecule has 0 spiro atoms. The van der Waals surface area contributed by atoms with Crippen LogP contribution in [0, 0.1) is 0 Å². The second-order valence-electron chi connectivity index (χ2n) is 3.55. The highest BCUT2D eigenvalue weighted by Crippen LogP contribution is 1.99. The SMILES string of the molecule is C.C.CC=Cc1ccccc1.CN[C@H](CO)C(C)=O. The van der Waals surface area contributed by atoms with E-state index in [2.05, 4.69) is 23.5 Å². The maximum atomic E-state index is 10.4. The molecule has 1 atom stereocenters. The number of carbonyl (C=O) groups is 1. The van der Waals surface area contributed by atoms with Crippen molar-refractivity contribution in [2.75, 3.05) is 13.7 Å². The number of benzene rings is 1. The van der Waals surface area contributed by atoms with Gasteiger partial charge in [-0.25, -0.2) is 0 Å². The zero-order valence-corrected chi connectivity index (χ0v) is 10.7. The molecular formula is C16H29NO2. The molecular weight excluding hydrogens is 238 g/mol. The lowest BCUT2D eigenvalue weighted by Gasteiger charge is -2.06. The summed E-state index contributed by atoms with van der Waals surface area (Å²) in [5.74, 6) is -0.0324. The first-order chi connectivity index (χ1) is 8.15. The molecule has 1 aromatic rings. The summed E-state index contributed by atoms with van der Waals surface area (Å²) in [6.45, 7) is 3.34. The lowest BCUT2D eigenvalue weighted by atomic mass is 10.2. The molecule has 0 aliphatic heterocycles. The minimum absolute atomic E-state index is 0. The molecule has 0 saturated heterocycles. The van der Waals surface area contributed by atoms with Crippen LogP contribution in [0.1, 0.15) is 34.3 Å². The summed E-state index contributed by atoms with van der Waals surface area (Å²) in [7, 11) is 1.64. The Morgan fingerprint density at radius 2 is 1.84 bits per heavy atom. The van der Waals surface area contributed by atoms with Crippen LogP contribution in [0.2, 0.25) is 0 Å². The van der Waals surface area contributed by atoms with Gasteiger partial charge in [-0.05, 0) is 26.5 Å². The Kier molecular flexibility index (Phi) is 17.5. The third-order valence-electron chi connectivity index (χ3n) is 2.18. The van der Waals surface area contributed by atoms with E-state index in [9.17, 15) is 4.79 Å². The van der Waals surface area contributed by atoms with Crippen molar-refractivity contribution < 1.29 is 9.90 Å². The van der Waals surface area contributed by atoms with Crippen molar-refractivity contribution in [3.63, 3.8) is 0 Å². The van der Waals surface area contributed by atoms with Crippen LogP contribution >= 0.6 is 0 Å². The second kappa shape index (κ2) is 14.6. The first-order valence-electron chi connectivity index (χ1n) is 5.62. The number of carbonyl (C=O) groups excluding carboxylic acids is 1. The lowest BCUT2D eigenvalue weighted by Crippen LogP contribution is -2.35. The summed E-state index contributed by atoms with van der Waals surface area (Å²) in [5, 5.41) is 11.1. The fraction of sp³-hybridized carbons (Fsp3) is 0.438. The van der Waals surface area contributed by atoms with E-state index in [0.29, 0.717) is 0 Å². The highest BCUT2D eigenvalue weighted by Gasteiger charge is 2.07. The van der Waals surface area contributed by atoms with Crippen LogP contribution in [0.25, 0.3) is 6.08 Å². The summed E-state index contributed by atoms with van der Waals surface area (Å²) in [6.07, 6.45) is 4.12. The number of Topliss-reactive ketones (excluding diaryl/α,β-unsaturated/α-hetero) is 1. The average molecular weight is 267 g/mol. The van der Waals surface area contributed by atoms with Crippen molar-refractivity contribution in [1.29, 1.82) is 0 Å². The highest BCUT2D eigenvalue weighted by atomic mass is 16.3. The Morgan fingerprint density at radius 3 is 2.11 bits per heavy atom. The number of allylic oxidation sites excluding steroid dienone is 1. The van der Waals surface area contributed by atoms with Gasteiger partial charge in [0, 0.05) is 0 Å². The number of hydrogen-bond acceptors (Lipinski definition) is 3. The Morgan fingerprint density at radius 1 is 1.32 bits per heavy atom. The Labute approximate surface area is 118 Å². The van der Waals surface area contributed by atoms with Gasteiger partial charge in [-0.15, -0.1) is 0 Å². The van der Waals surface area contributed by atoms with E-state index in [0.717, 1.165) is 0 Å². The molecule has 3 heteroatoms. The number of nitrogens with one attached hydrogen (secondary N) is 1. The first-order valence-corrected chi connectivity index (χ1v) is 5.62. The molecule has 0 heterocycles. The topological polar surface area (TPSA) is 49.3 Å². The van der Waals surface area contributed by atoms with E-state index in [1.807, 2.05) is 31.2 Å². The molecule has 0 saturated carbocycles. The third-order valence-corrected chi connectivity index (χ3v) is 2.18. The molecule has 0 bridgehead atoms. The van der Waals surface area contributed by atoms with Gasteiger partial charge in [0.05, 0.1) is 12.6 Å². The zero-order chi connectivity index (χ0) is 13.1. The van der Waals surface area contributed by atoms with E-state index in [1.165, 1.54) is 12.5 Å². The van der Waals surface area contributed by atoms with Crippen molar-refractivity contribution in [3.05, 3.63) is 42.0 Å². The van der Waals surface area contributed by atoms with Gasteiger partial charge in [-0.2, -0.15) is 0 Å². The molecule has 1 aromatic carbocycles. The smallest absolute Gasteiger partial charge is 0.149 e. The first kappa shape index (κ1) is 22.7. The molecule has 110 valence electrons. The van der Waals surface area contributed by atoms with Crippen molar-refractivity contribution in [2.45, 2.75) is 34.7 Å². The quantitative estimate of drug-likeness (QED) is 0.881. The monoisotopic (exact) mass is 267 g/mol. The van der Waals surface area contributed by atoms with E-state index in [-0.39, 0.29) is 33.3 Å². The summed E-state index contributed by atoms with van der Waals surface area (Å²) in [5.41, 5.74) is 1.26. The van der Waals surface area contributed by atoms with Crippen molar-refractivity contribution in [2.24, 2.45) is 0 Å². The van der Waals surface area contributed by atoms with Gasteiger partial charge in [0.15, 0.2) is 0 Å². The van der Waals surface area contributed by atoms with Gasteiger partial charge in [0.2, 0.25) is 0 Å². The predicted octanol–water partition coefficient (Wildman–Crippen LogP) is 3.15. The normalized spacial score (nSPS) is 10.5.